The molecule has 0 aromatic carbocycles. The smallest absolute Gasteiger partial charge is 0.258 e. The summed E-state index contributed by atoms with van der Waals surface area (Å²) in [5, 5.41) is 3.35. The van der Waals surface area contributed by atoms with Crippen molar-refractivity contribution in [1.82, 2.24) is 15.0 Å². The first-order valence-electron chi connectivity index (χ1n) is 7.49. The fraction of sp³-hybridized carbons (Fsp3) is 0.667. The Morgan fingerprint density at radius 1 is 1.19 bits per heavy atom. The lowest BCUT2D eigenvalue weighted by molar-refractivity contribution is 0.538. The molecule has 0 fully saturated rings. The molecular formula is C15H27N3O2S. The molecule has 0 saturated heterocycles. The molecule has 1 rings (SSSR count). The van der Waals surface area contributed by atoms with E-state index in [1.54, 1.807) is 18.3 Å². The van der Waals surface area contributed by atoms with Gasteiger partial charge in [0.2, 0.25) is 0 Å². The molecule has 6 heteroatoms. The number of nitrogens with zero attached hydrogens (tertiary/aromatic N) is 1. The molecule has 2 N–H and O–H groups in total. The van der Waals surface area contributed by atoms with E-state index in [0.29, 0.717) is 25.0 Å². The molecule has 0 radical (unpaired) electrons. The Bertz CT molecular complexity index is 510. The van der Waals surface area contributed by atoms with E-state index in [9.17, 15) is 8.42 Å². The number of hydrogen-bond donors (Lipinski definition) is 2. The summed E-state index contributed by atoms with van der Waals surface area (Å²) >= 11 is 0. The predicted octanol–water partition coefficient (Wildman–Crippen LogP) is 2.29. The molecule has 120 valence electrons. The Hall–Kier alpha value is -0.980. The second-order valence-corrected chi connectivity index (χ2v) is 7.69. The summed E-state index contributed by atoms with van der Waals surface area (Å²) in [6.07, 6.45) is 3.46. The summed E-state index contributed by atoms with van der Waals surface area (Å²) in [7, 11) is -3.49. The molecule has 0 amide bonds. The SMILES string of the molecule is CC(C)CCCNS(=O)(=O)c1ccc(CNC(C)C)cn1. The molecule has 0 aliphatic carbocycles. The topological polar surface area (TPSA) is 71.1 Å². The van der Waals surface area contributed by atoms with Crippen LogP contribution in [0, 0.1) is 5.92 Å². The molecule has 0 aliphatic rings. The average Bonchev–Trinajstić information content (AvgIpc) is 2.41. The van der Waals surface area contributed by atoms with Crippen molar-refractivity contribution in [1.29, 1.82) is 0 Å². The van der Waals surface area contributed by atoms with Gasteiger partial charge in [0.15, 0.2) is 5.03 Å². The van der Waals surface area contributed by atoms with Crippen molar-refractivity contribution in [2.75, 3.05) is 6.54 Å². The first-order valence-corrected chi connectivity index (χ1v) is 8.97. The van der Waals surface area contributed by atoms with Crippen molar-refractivity contribution < 1.29 is 8.42 Å². The Morgan fingerprint density at radius 3 is 2.43 bits per heavy atom. The third-order valence-electron chi connectivity index (χ3n) is 3.04. The van der Waals surface area contributed by atoms with Crippen LogP contribution in [-0.4, -0.2) is 26.0 Å². The van der Waals surface area contributed by atoms with Gasteiger partial charge in [0.25, 0.3) is 10.0 Å². The van der Waals surface area contributed by atoms with Gasteiger partial charge in [-0.25, -0.2) is 18.1 Å². The van der Waals surface area contributed by atoms with Crippen LogP contribution in [-0.2, 0) is 16.6 Å². The number of hydrogen-bond acceptors (Lipinski definition) is 4. The number of nitrogens with one attached hydrogen (secondary N) is 2. The van der Waals surface area contributed by atoms with Gasteiger partial charge >= 0.3 is 0 Å². The fourth-order valence-corrected chi connectivity index (χ4v) is 2.79. The van der Waals surface area contributed by atoms with E-state index in [0.717, 1.165) is 18.4 Å². The van der Waals surface area contributed by atoms with Gasteiger partial charge in [-0.1, -0.05) is 33.8 Å². The van der Waals surface area contributed by atoms with Gasteiger partial charge in [-0.15, -0.1) is 0 Å². The Labute approximate surface area is 128 Å². The van der Waals surface area contributed by atoms with Crippen LogP contribution in [0.4, 0.5) is 0 Å². The minimum atomic E-state index is -3.49. The summed E-state index contributed by atoms with van der Waals surface area (Å²) in [6.45, 7) is 9.52. The zero-order chi connectivity index (χ0) is 15.9. The molecular weight excluding hydrogens is 286 g/mol. The van der Waals surface area contributed by atoms with Gasteiger partial charge in [-0.2, -0.15) is 0 Å². The van der Waals surface area contributed by atoms with Gasteiger partial charge in [0, 0.05) is 25.3 Å². The zero-order valence-corrected chi connectivity index (χ0v) is 14.2. The molecule has 0 saturated carbocycles. The first-order chi connectivity index (χ1) is 9.81. The van der Waals surface area contributed by atoms with Gasteiger partial charge in [-0.05, 0) is 30.4 Å². The van der Waals surface area contributed by atoms with Gasteiger partial charge in [-0.3, -0.25) is 0 Å². The minimum absolute atomic E-state index is 0.0837. The molecule has 21 heavy (non-hydrogen) atoms. The van der Waals surface area contributed by atoms with E-state index >= 15 is 0 Å². The average molecular weight is 313 g/mol. The van der Waals surface area contributed by atoms with Gasteiger partial charge < -0.3 is 5.32 Å². The number of rotatable bonds is 9. The van der Waals surface area contributed by atoms with E-state index in [-0.39, 0.29) is 5.03 Å². The van der Waals surface area contributed by atoms with E-state index in [2.05, 4.69) is 42.7 Å². The molecule has 0 unspecified atom stereocenters. The lowest BCUT2D eigenvalue weighted by Gasteiger charge is -2.09. The predicted molar refractivity (Wildman–Crippen MR) is 85.5 cm³/mol. The maximum Gasteiger partial charge on any atom is 0.258 e. The summed E-state index contributed by atoms with van der Waals surface area (Å²) < 4.78 is 26.7. The molecule has 0 bridgehead atoms. The second-order valence-electron chi connectivity index (χ2n) is 5.97. The highest BCUT2D eigenvalue weighted by atomic mass is 32.2. The van der Waals surface area contributed by atoms with Crippen molar-refractivity contribution in [3.63, 3.8) is 0 Å². The number of sulfonamides is 1. The Balaban J connectivity index is 2.54. The summed E-state index contributed by atoms with van der Waals surface area (Å²) in [5.74, 6) is 0.584. The Kier molecular flexibility index (Phi) is 7.28. The molecule has 1 aromatic heterocycles. The van der Waals surface area contributed by atoms with E-state index in [1.807, 2.05) is 0 Å². The van der Waals surface area contributed by atoms with Crippen molar-refractivity contribution in [3.05, 3.63) is 23.9 Å². The molecule has 0 spiro atoms. The minimum Gasteiger partial charge on any atom is -0.310 e. The third-order valence-corrected chi connectivity index (χ3v) is 4.41. The molecule has 5 nitrogen and oxygen atoms in total. The van der Waals surface area contributed by atoms with Crippen molar-refractivity contribution in [2.24, 2.45) is 5.92 Å². The number of aromatic nitrogens is 1. The zero-order valence-electron chi connectivity index (χ0n) is 13.4. The highest BCUT2D eigenvalue weighted by Gasteiger charge is 2.14. The van der Waals surface area contributed by atoms with Crippen LogP contribution < -0.4 is 10.0 Å². The monoisotopic (exact) mass is 313 g/mol. The standard InChI is InChI=1S/C15H27N3O2S/c1-12(2)6-5-9-18-21(19,20)15-8-7-14(11-17-15)10-16-13(3)4/h7-8,11-13,16,18H,5-6,9-10H2,1-4H3. The largest absolute Gasteiger partial charge is 0.310 e. The lowest BCUT2D eigenvalue weighted by Crippen LogP contribution is -2.26. The van der Waals surface area contributed by atoms with Crippen LogP contribution in [0.1, 0.15) is 46.1 Å². The van der Waals surface area contributed by atoms with Gasteiger partial charge in [0.1, 0.15) is 0 Å². The van der Waals surface area contributed by atoms with Crippen LogP contribution in [0.15, 0.2) is 23.4 Å². The van der Waals surface area contributed by atoms with Crippen molar-refractivity contribution in [3.8, 4) is 0 Å². The fourth-order valence-electron chi connectivity index (χ4n) is 1.79. The molecule has 1 heterocycles. The van der Waals surface area contributed by atoms with E-state index < -0.39 is 10.0 Å². The number of pyridine rings is 1. The first kappa shape index (κ1) is 18.1. The maximum atomic E-state index is 12.1. The van der Waals surface area contributed by atoms with Gasteiger partial charge in [0.05, 0.1) is 0 Å². The summed E-state index contributed by atoms with van der Waals surface area (Å²) in [5.41, 5.74) is 0.974. The van der Waals surface area contributed by atoms with E-state index in [4.69, 9.17) is 0 Å². The highest BCUT2D eigenvalue weighted by molar-refractivity contribution is 7.89. The van der Waals surface area contributed by atoms with Crippen molar-refractivity contribution in [2.45, 2.75) is 58.1 Å². The van der Waals surface area contributed by atoms with Crippen LogP contribution in [0.3, 0.4) is 0 Å². The molecule has 0 atom stereocenters. The van der Waals surface area contributed by atoms with Crippen LogP contribution >= 0.6 is 0 Å². The molecule has 1 aromatic rings. The summed E-state index contributed by atoms with van der Waals surface area (Å²) in [6, 6.07) is 3.74. The van der Waals surface area contributed by atoms with Crippen molar-refractivity contribution >= 4 is 10.0 Å². The van der Waals surface area contributed by atoms with E-state index in [1.165, 1.54) is 0 Å². The molecule has 0 aliphatic heterocycles. The quantitative estimate of drug-likeness (QED) is 0.686. The normalized spacial score (nSPS) is 12.3. The highest BCUT2D eigenvalue weighted by Crippen LogP contribution is 2.08. The van der Waals surface area contributed by atoms with Crippen LogP contribution in [0.2, 0.25) is 0 Å². The second kappa shape index (κ2) is 8.46. The Morgan fingerprint density at radius 2 is 1.90 bits per heavy atom. The maximum absolute atomic E-state index is 12.1. The lowest BCUT2D eigenvalue weighted by atomic mass is 10.1. The van der Waals surface area contributed by atoms with Crippen LogP contribution in [0.5, 0.6) is 0 Å². The van der Waals surface area contributed by atoms with Crippen LogP contribution in [0.25, 0.3) is 0 Å². The third kappa shape index (κ3) is 7.02. The summed E-state index contributed by atoms with van der Waals surface area (Å²) in [4.78, 5) is 4.05.